The summed E-state index contributed by atoms with van der Waals surface area (Å²) in [6, 6.07) is 65.5. The van der Waals surface area contributed by atoms with E-state index >= 15 is 0 Å². The SMILES string of the molecule is Nn1c2ccc(-c3ccc4c(c3)c3ccccc3n4-c3ccccc3)cc2c2c(-c3ccc4c5ccccc5n(-c5ccccc5)c4c3)cccc21. The zero-order valence-corrected chi connectivity index (χ0v) is 28.2. The maximum absolute atomic E-state index is 6.86. The number of para-hydroxylation sites is 4. The first-order chi connectivity index (χ1) is 25.7. The number of nitrogens with two attached hydrogens (primary N) is 1. The van der Waals surface area contributed by atoms with Gasteiger partial charge in [-0.3, -0.25) is 4.68 Å². The molecular formula is C48H32N4. The zero-order valence-electron chi connectivity index (χ0n) is 28.2. The monoisotopic (exact) mass is 664 g/mol. The Kier molecular flexibility index (Phi) is 6.07. The molecule has 0 bridgehead atoms. The molecule has 0 saturated carbocycles. The molecule has 0 amide bonds. The summed E-state index contributed by atoms with van der Waals surface area (Å²) in [5.74, 6) is 6.86. The van der Waals surface area contributed by atoms with Crippen LogP contribution in [0.5, 0.6) is 0 Å². The number of rotatable bonds is 4. The highest BCUT2D eigenvalue weighted by Crippen LogP contribution is 2.41. The van der Waals surface area contributed by atoms with Crippen LogP contribution in [0.1, 0.15) is 0 Å². The van der Waals surface area contributed by atoms with Gasteiger partial charge in [-0.25, -0.2) is 0 Å². The first kappa shape index (κ1) is 28.8. The van der Waals surface area contributed by atoms with E-state index in [0.29, 0.717) is 0 Å². The van der Waals surface area contributed by atoms with E-state index in [4.69, 9.17) is 5.84 Å². The molecule has 3 aromatic heterocycles. The zero-order chi connectivity index (χ0) is 34.3. The molecule has 3 heterocycles. The number of hydrogen-bond donors (Lipinski definition) is 1. The van der Waals surface area contributed by atoms with E-state index in [-0.39, 0.29) is 0 Å². The van der Waals surface area contributed by atoms with Crippen LogP contribution in [0, 0.1) is 0 Å². The molecule has 0 atom stereocenters. The number of fused-ring (bicyclic) bond motifs is 9. The molecule has 8 aromatic carbocycles. The van der Waals surface area contributed by atoms with E-state index in [1.54, 1.807) is 0 Å². The topological polar surface area (TPSA) is 40.8 Å². The maximum atomic E-state index is 6.86. The van der Waals surface area contributed by atoms with Crippen LogP contribution in [0.15, 0.2) is 182 Å². The van der Waals surface area contributed by atoms with Crippen molar-refractivity contribution >= 4 is 65.4 Å². The Labute approximate surface area is 299 Å². The Morgan fingerprint density at radius 3 is 1.50 bits per heavy atom. The van der Waals surface area contributed by atoms with Gasteiger partial charge in [0.2, 0.25) is 0 Å². The van der Waals surface area contributed by atoms with Crippen molar-refractivity contribution in [3.63, 3.8) is 0 Å². The lowest BCUT2D eigenvalue weighted by Gasteiger charge is -2.10. The summed E-state index contributed by atoms with van der Waals surface area (Å²) in [6.07, 6.45) is 0. The van der Waals surface area contributed by atoms with Gasteiger partial charge in [-0.15, -0.1) is 0 Å². The maximum Gasteiger partial charge on any atom is 0.0709 e. The van der Waals surface area contributed by atoms with Gasteiger partial charge in [-0.1, -0.05) is 109 Å². The van der Waals surface area contributed by atoms with Crippen molar-refractivity contribution in [3.05, 3.63) is 182 Å². The lowest BCUT2D eigenvalue weighted by molar-refractivity contribution is 1.12. The fraction of sp³-hybridized carbons (Fsp3) is 0. The van der Waals surface area contributed by atoms with Crippen molar-refractivity contribution in [2.75, 3.05) is 5.84 Å². The average Bonchev–Trinajstić information content (AvgIpc) is 3.83. The first-order valence-electron chi connectivity index (χ1n) is 17.7. The molecule has 2 N–H and O–H groups in total. The van der Waals surface area contributed by atoms with E-state index in [0.717, 1.165) is 49.9 Å². The van der Waals surface area contributed by atoms with Crippen molar-refractivity contribution in [1.82, 2.24) is 13.8 Å². The van der Waals surface area contributed by atoms with Gasteiger partial charge in [0.25, 0.3) is 0 Å². The molecule has 4 heteroatoms. The van der Waals surface area contributed by atoms with Crippen molar-refractivity contribution in [1.29, 1.82) is 0 Å². The largest absolute Gasteiger partial charge is 0.339 e. The molecule has 11 aromatic rings. The highest BCUT2D eigenvalue weighted by molar-refractivity contribution is 6.17. The molecule has 11 rings (SSSR count). The summed E-state index contributed by atoms with van der Waals surface area (Å²) in [5, 5.41) is 7.27. The quantitative estimate of drug-likeness (QED) is 0.187. The Balaban J connectivity index is 1.12. The summed E-state index contributed by atoms with van der Waals surface area (Å²) in [6.45, 7) is 0. The number of nitrogen functional groups attached to an aromatic ring is 1. The molecule has 0 unspecified atom stereocenters. The van der Waals surface area contributed by atoms with Crippen LogP contribution in [-0.2, 0) is 0 Å². The van der Waals surface area contributed by atoms with Gasteiger partial charge in [0, 0.05) is 43.7 Å². The predicted molar refractivity (Wildman–Crippen MR) is 219 cm³/mol. The average molecular weight is 665 g/mol. The third-order valence-electron chi connectivity index (χ3n) is 10.8. The minimum absolute atomic E-state index is 1.01. The molecular weight excluding hydrogens is 633 g/mol. The lowest BCUT2D eigenvalue weighted by Crippen LogP contribution is -2.06. The molecule has 0 aliphatic heterocycles. The molecule has 52 heavy (non-hydrogen) atoms. The number of benzene rings is 8. The second kappa shape index (κ2) is 11.0. The van der Waals surface area contributed by atoms with Crippen LogP contribution in [0.2, 0.25) is 0 Å². The summed E-state index contributed by atoms with van der Waals surface area (Å²) < 4.78 is 6.58. The van der Waals surface area contributed by atoms with Gasteiger partial charge in [-0.05, 0) is 95.1 Å². The van der Waals surface area contributed by atoms with Gasteiger partial charge < -0.3 is 15.0 Å². The van der Waals surface area contributed by atoms with Crippen LogP contribution < -0.4 is 5.84 Å². The van der Waals surface area contributed by atoms with Crippen LogP contribution in [0.25, 0.3) is 99.0 Å². The van der Waals surface area contributed by atoms with Gasteiger partial charge >= 0.3 is 0 Å². The predicted octanol–water partition coefficient (Wildman–Crippen LogP) is 12.0. The van der Waals surface area contributed by atoms with Crippen molar-refractivity contribution in [2.45, 2.75) is 0 Å². The van der Waals surface area contributed by atoms with E-state index in [2.05, 4.69) is 191 Å². The Morgan fingerprint density at radius 1 is 0.308 bits per heavy atom. The second-order valence-electron chi connectivity index (χ2n) is 13.6. The minimum atomic E-state index is 1.01. The van der Waals surface area contributed by atoms with Gasteiger partial charge in [-0.2, -0.15) is 0 Å². The Hall–Kier alpha value is -7.04. The summed E-state index contributed by atoms with van der Waals surface area (Å²) in [5.41, 5.74) is 13.8. The first-order valence-corrected chi connectivity index (χ1v) is 17.7. The van der Waals surface area contributed by atoms with Gasteiger partial charge in [0.1, 0.15) is 0 Å². The van der Waals surface area contributed by atoms with Crippen LogP contribution in [-0.4, -0.2) is 13.8 Å². The highest BCUT2D eigenvalue weighted by Gasteiger charge is 2.18. The summed E-state index contributed by atoms with van der Waals surface area (Å²) in [7, 11) is 0. The minimum Gasteiger partial charge on any atom is -0.339 e. The normalized spacial score (nSPS) is 11.9. The smallest absolute Gasteiger partial charge is 0.0709 e. The molecule has 4 nitrogen and oxygen atoms in total. The summed E-state index contributed by atoms with van der Waals surface area (Å²) >= 11 is 0. The number of hydrogen-bond acceptors (Lipinski definition) is 1. The third kappa shape index (κ3) is 4.09. The van der Waals surface area contributed by atoms with Crippen LogP contribution >= 0.6 is 0 Å². The standard InChI is InChI=1S/C48H32N4/c49-52-45-27-24-32(31-23-26-44-40(28-31)38-17-8-10-20-43(38)50(44)34-12-3-1-4-13-34)29-41(45)48-36(18-11-21-46(48)52)33-22-25-39-37-16-7-9-19-42(37)51(47(39)30-33)35-14-5-2-6-15-35/h1-30H,49H2. The van der Waals surface area contributed by atoms with Crippen molar-refractivity contribution in [2.24, 2.45) is 0 Å². The molecule has 0 aliphatic rings. The van der Waals surface area contributed by atoms with E-state index in [1.165, 1.54) is 49.2 Å². The molecule has 0 fully saturated rings. The van der Waals surface area contributed by atoms with Crippen LogP contribution in [0.3, 0.4) is 0 Å². The Morgan fingerprint density at radius 2 is 0.808 bits per heavy atom. The number of aromatic nitrogens is 3. The van der Waals surface area contributed by atoms with Gasteiger partial charge in [0.15, 0.2) is 0 Å². The fourth-order valence-corrected chi connectivity index (χ4v) is 8.52. The summed E-state index contributed by atoms with van der Waals surface area (Å²) in [4.78, 5) is 0. The van der Waals surface area contributed by atoms with E-state index in [1.807, 2.05) is 4.68 Å². The van der Waals surface area contributed by atoms with Crippen molar-refractivity contribution in [3.8, 4) is 33.6 Å². The lowest BCUT2D eigenvalue weighted by atomic mass is 9.96. The number of nitrogens with zero attached hydrogens (tertiary/aromatic N) is 3. The van der Waals surface area contributed by atoms with Crippen molar-refractivity contribution < 1.29 is 0 Å². The molecule has 0 radical (unpaired) electrons. The highest BCUT2D eigenvalue weighted by atomic mass is 15.3. The molecule has 0 aliphatic carbocycles. The van der Waals surface area contributed by atoms with Gasteiger partial charge in [0.05, 0.1) is 33.1 Å². The molecule has 0 spiro atoms. The molecule has 244 valence electrons. The fourth-order valence-electron chi connectivity index (χ4n) is 8.52. The second-order valence-corrected chi connectivity index (χ2v) is 13.6. The third-order valence-corrected chi connectivity index (χ3v) is 10.8. The van der Waals surface area contributed by atoms with Crippen LogP contribution in [0.4, 0.5) is 0 Å². The molecule has 0 saturated heterocycles. The van der Waals surface area contributed by atoms with E-state index in [9.17, 15) is 0 Å². The Bertz CT molecular complexity index is 3180. The van der Waals surface area contributed by atoms with E-state index < -0.39 is 0 Å².